The van der Waals surface area contributed by atoms with E-state index in [1.165, 1.54) is 24.2 Å². The van der Waals surface area contributed by atoms with Gasteiger partial charge < -0.3 is 4.74 Å². The van der Waals surface area contributed by atoms with Crippen molar-refractivity contribution in [2.24, 2.45) is 0 Å². The number of hydrogen-bond acceptors (Lipinski definition) is 5. The first-order valence-corrected chi connectivity index (χ1v) is 7.32. The number of thioether (sulfide) groups is 1. The number of carbonyl (C=O) groups is 2. The number of rotatable bonds is 4. The summed E-state index contributed by atoms with van der Waals surface area (Å²) in [6, 6.07) is 6.17. The van der Waals surface area contributed by atoms with Gasteiger partial charge in [0, 0.05) is 12.1 Å². The molecule has 1 heterocycles. The van der Waals surface area contributed by atoms with E-state index in [2.05, 4.69) is 4.74 Å². The Bertz CT molecular complexity index is 630. The number of amides is 1. The first-order valence-electron chi connectivity index (χ1n) is 6.09. The number of halogens is 1. The molecule has 1 aliphatic heterocycles. The van der Waals surface area contributed by atoms with Crippen LogP contribution in [0, 0.1) is 5.82 Å². The highest BCUT2D eigenvalue weighted by molar-refractivity contribution is 8.26. The van der Waals surface area contributed by atoms with Crippen LogP contribution in [0.15, 0.2) is 29.2 Å². The molecule has 0 unspecified atom stereocenters. The van der Waals surface area contributed by atoms with E-state index in [0.29, 0.717) is 14.8 Å². The summed E-state index contributed by atoms with van der Waals surface area (Å²) in [6.45, 7) is 0.159. The van der Waals surface area contributed by atoms with E-state index in [-0.39, 0.29) is 18.9 Å². The van der Waals surface area contributed by atoms with Gasteiger partial charge in [-0.1, -0.05) is 42.2 Å². The molecular formula is C14H12FNO3S2. The second kappa shape index (κ2) is 6.82. The van der Waals surface area contributed by atoms with Gasteiger partial charge in [0.1, 0.15) is 10.1 Å². The second-order valence-corrected chi connectivity index (χ2v) is 5.86. The predicted molar refractivity (Wildman–Crippen MR) is 82.9 cm³/mol. The first-order chi connectivity index (χ1) is 10.0. The van der Waals surface area contributed by atoms with Crippen molar-refractivity contribution >= 4 is 46.3 Å². The van der Waals surface area contributed by atoms with Crippen molar-refractivity contribution in [3.05, 3.63) is 40.6 Å². The first kappa shape index (κ1) is 15.7. The van der Waals surface area contributed by atoms with Crippen molar-refractivity contribution in [1.29, 1.82) is 0 Å². The zero-order valence-corrected chi connectivity index (χ0v) is 12.8. The molecule has 0 radical (unpaired) electrons. The minimum Gasteiger partial charge on any atom is -0.469 e. The number of methoxy groups -OCH3 is 1. The van der Waals surface area contributed by atoms with Crippen LogP contribution in [0.4, 0.5) is 4.39 Å². The van der Waals surface area contributed by atoms with Gasteiger partial charge in [0.2, 0.25) is 0 Å². The van der Waals surface area contributed by atoms with Crippen molar-refractivity contribution < 1.29 is 18.7 Å². The lowest BCUT2D eigenvalue weighted by Crippen LogP contribution is -2.30. The van der Waals surface area contributed by atoms with Crippen LogP contribution in [0.5, 0.6) is 0 Å². The van der Waals surface area contributed by atoms with Crippen LogP contribution in [0.1, 0.15) is 12.0 Å². The lowest BCUT2D eigenvalue weighted by molar-refractivity contribution is -0.140. The Morgan fingerprint density at radius 1 is 1.48 bits per heavy atom. The van der Waals surface area contributed by atoms with Crippen LogP contribution in [0.3, 0.4) is 0 Å². The van der Waals surface area contributed by atoms with Crippen LogP contribution in [-0.2, 0) is 14.3 Å². The summed E-state index contributed by atoms with van der Waals surface area (Å²) in [6.07, 6.45) is 1.53. The van der Waals surface area contributed by atoms with Gasteiger partial charge >= 0.3 is 5.97 Å². The summed E-state index contributed by atoms with van der Waals surface area (Å²) >= 11 is 6.21. The third-order valence-electron chi connectivity index (χ3n) is 2.83. The molecule has 0 N–H and O–H groups in total. The van der Waals surface area contributed by atoms with Crippen molar-refractivity contribution in [3.63, 3.8) is 0 Å². The summed E-state index contributed by atoms with van der Waals surface area (Å²) in [5.41, 5.74) is 0.325. The number of nitrogens with zero attached hydrogens (tertiary/aromatic N) is 1. The maximum absolute atomic E-state index is 13.6. The highest BCUT2D eigenvalue weighted by atomic mass is 32.2. The highest BCUT2D eigenvalue weighted by Gasteiger charge is 2.32. The van der Waals surface area contributed by atoms with E-state index >= 15 is 0 Å². The molecule has 0 aromatic heterocycles. The van der Waals surface area contributed by atoms with Crippen molar-refractivity contribution in [3.8, 4) is 0 Å². The highest BCUT2D eigenvalue weighted by Crippen LogP contribution is 2.32. The molecule has 2 rings (SSSR count). The average Bonchev–Trinajstić information content (AvgIpc) is 2.73. The smallest absolute Gasteiger partial charge is 0.307 e. The standard InChI is InChI=1S/C14H12FNO3S2/c1-19-12(17)6-7-16-13(18)11(21-14(16)20)8-9-4-2-3-5-10(9)15/h2-5,8H,6-7H2,1H3/b11-8+. The minimum atomic E-state index is -0.415. The van der Waals surface area contributed by atoms with E-state index in [0.717, 1.165) is 11.8 Å². The number of ether oxygens (including phenoxy) is 1. The van der Waals surface area contributed by atoms with E-state index in [1.807, 2.05) is 0 Å². The Kier molecular flexibility index (Phi) is 5.08. The molecule has 1 aromatic carbocycles. The third-order valence-corrected chi connectivity index (χ3v) is 4.21. The average molecular weight is 325 g/mol. The van der Waals surface area contributed by atoms with Gasteiger partial charge in [-0.3, -0.25) is 14.5 Å². The van der Waals surface area contributed by atoms with Gasteiger partial charge in [-0.05, 0) is 12.1 Å². The fourth-order valence-corrected chi connectivity index (χ4v) is 3.03. The Morgan fingerprint density at radius 2 is 2.19 bits per heavy atom. The summed E-state index contributed by atoms with van der Waals surface area (Å²) in [5, 5.41) is 0. The summed E-state index contributed by atoms with van der Waals surface area (Å²) in [4.78, 5) is 25.0. The fourth-order valence-electron chi connectivity index (χ4n) is 1.73. The minimum absolute atomic E-state index is 0.0654. The number of esters is 1. The largest absolute Gasteiger partial charge is 0.469 e. The quantitative estimate of drug-likeness (QED) is 0.484. The van der Waals surface area contributed by atoms with Crippen LogP contribution in [-0.4, -0.2) is 34.8 Å². The topological polar surface area (TPSA) is 46.6 Å². The SMILES string of the molecule is COC(=O)CCN1C(=O)/C(=C\c2ccccc2F)SC1=S. The predicted octanol–water partition coefficient (Wildman–Crippen LogP) is 2.59. The lowest BCUT2D eigenvalue weighted by atomic mass is 10.2. The summed E-state index contributed by atoms with van der Waals surface area (Å²) in [7, 11) is 1.28. The van der Waals surface area contributed by atoms with E-state index in [4.69, 9.17) is 12.2 Å². The normalized spacial score (nSPS) is 16.7. The molecule has 1 aromatic rings. The molecular weight excluding hydrogens is 313 g/mol. The number of carbonyl (C=O) groups excluding carboxylic acids is 2. The van der Waals surface area contributed by atoms with Gasteiger partial charge in [0.25, 0.3) is 5.91 Å². The number of benzene rings is 1. The lowest BCUT2D eigenvalue weighted by Gasteiger charge is -2.12. The molecule has 1 aliphatic rings. The molecule has 1 saturated heterocycles. The molecule has 0 saturated carbocycles. The molecule has 0 bridgehead atoms. The van der Waals surface area contributed by atoms with Crippen molar-refractivity contribution in [2.45, 2.75) is 6.42 Å². The molecule has 4 nitrogen and oxygen atoms in total. The number of hydrogen-bond donors (Lipinski definition) is 0. The zero-order valence-electron chi connectivity index (χ0n) is 11.2. The summed E-state index contributed by atoms with van der Waals surface area (Å²) < 4.78 is 18.5. The fraction of sp³-hybridized carbons (Fsp3) is 0.214. The molecule has 1 fully saturated rings. The molecule has 7 heteroatoms. The maximum Gasteiger partial charge on any atom is 0.307 e. The van der Waals surface area contributed by atoms with E-state index < -0.39 is 11.8 Å². The monoisotopic (exact) mass is 325 g/mol. The van der Waals surface area contributed by atoms with E-state index in [1.54, 1.807) is 18.2 Å². The Hall–Kier alpha value is -1.73. The van der Waals surface area contributed by atoms with Gasteiger partial charge in [-0.25, -0.2) is 4.39 Å². The van der Waals surface area contributed by atoms with Crippen LogP contribution < -0.4 is 0 Å². The second-order valence-electron chi connectivity index (χ2n) is 4.18. The van der Waals surface area contributed by atoms with Gasteiger partial charge in [-0.2, -0.15) is 0 Å². The molecule has 1 amide bonds. The van der Waals surface area contributed by atoms with Gasteiger partial charge in [0.05, 0.1) is 18.4 Å². The Balaban J connectivity index is 2.14. The van der Waals surface area contributed by atoms with Crippen LogP contribution in [0.2, 0.25) is 0 Å². The van der Waals surface area contributed by atoms with Crippen molar-refractivity contribution in [2.75, 3.05) is 13.7 Å². The number of thiocarbonyl (C=S) groups is 1. The Labute approximate surface area is 130 Å². The molecule has 0 spiro atoms. The Morgan fingerprint density at radius 3 is 2.86 bits per heavy atom. The van der Waals surface area contributed by atoms with Crippen LogP contribution >= 0.6 is 24.0 Å². The van der Waals surface area contributed by atoms with Crippen molar-refractivity contribution in [1.82, 2.24) is 4.90 Å². The summed E-state index contributed by atoms with van der Waals surface area (Å²) in [5.74, 6) is -1.14. The van der Waals surface area contributed by atoms with Crippen LogP contribution in [0.25, 0.3) is 6.08 Å². The maximum atomic E-state index is 13.6. The third kappa shape index (κ3) is 3.68. The van der Waals surface area contributed by atoms with Gasteiger partial charge in [-0.15, -0.1) is 0 Å². The molecule has 21 heavy (non-hydrogen) atoms. The van der Waals surface area contributed by atoms with E-state index in [9.17, 15) is 14.0 Å². The molecule has 110 valence electrons. The molecule has 0 aliphatic carbocycles. The zero-order chi connectivity index (χ0) is 15.4. The van der Waals surface area contributed by atoms with Gasteiger partial charge in [0.15, 0.2) is 0 Å². The molecule has 0 atom stereocenters.